The van der Waals surface area contributed by atoms with Gasteiger partial charge in [-0.05, 0) is 36.6 Å². The first-order valence-electron chi connectivity index (χ1n) is 9.11. The van der Waals surface area contributed by atoms with Gasteiger partial charge in [-0.15, -0.1) is 0 Å². The number of hydrogen-bond acceptors (Lipinski definition) is 3. The highest BCUT2D eigenvalue weighted by atomic mass is 16.5. The fraction of sp³-hybridized carbons (Fsp3) is 0.333. The zero-order chi connectivity index (χ0) is 17.9. The minimum atomic E-state index is -0.111. The molecule has 5 heteroatoms. The van der Waals surface area contributed by atoms with Crippen molar-refractivity contribution in [1.82, 2.24) is 14.9 Å². The lowest BCUT2D eigenvalue weighted by Gasteiger charge is -2.24. The number of fused-ring (bicyclic) bond motifs is 2. The molecule has 2 heterocycles. The number of nitrogens with one attached hydrogen (secondary N) is 1. The molecule has 1 amide bonds. The average Bonchev–Trinajstić information content (AvgIpc) is 3.01. The number of amides is 1. The van der Waals surface area contributed by atoms with Crippen LogP contribution < -0.4 is 10.1 Å². The molecule has 0 fully saturated rings. The molecule has 3 aromatic rings. The molecule has 0 radical (unpaired) electrons. The molecule has 1 atom stereocenters. The molecule has 0 bridgehead atoms. The van der Waals surface area contributed by atoms with Crippen LogP contribution in [0.4, 0.5) is 0 Å². The topological polar surface area (TPSA) is 56.2 Å². The van der Waals surface area contributed by atoms with Gasteiger partial charge in [-0.1, -0.05) is 30.3 Å². The van der Waals surface area contributed by atoms with Gasteiger partial charge < -0.3 is 14.6 Å². The summed E-state index contributed by atoms with van der Waals surface area (Å²) >= 11 is 0. The molecule has 5 nitrogen and oxygen atoms in total. The zero-order valence-corrected chi connectivity index (χ0v) is 14.9. The van der Waals surface area contributed by atoms with Gasteiger partial charge in [0.25, 0.3) is 0 Å². The van der Waals surface area contributed by atoms with Crippen molar-refractivity contribution in [1.29, 1.82) is 0 Å². The molecule has 0 spiro atoms. The van der Waals surface area contributed by atoms with Gasteiger partial charge in [0.1, 0.15) is 18.2 Å². The van der Waals surface area contributed by atoms with Crippen molar-refractivity contribution in [2.24, 2.45) is 13.0 Å². The molecule has 4 rings (SSSR count). The SMILES string of the molecule is Cn1c(CCCNC(=O)[C@@H]2COc3ccccc3C2)nc2ccccc21. The third kappa shape index (κ3) is 3.29. The lowest BCUT2D eigenvalue weighted by molar-refractivity contribution is -0.126. The van der Waals surface area contributed by atoms with Crippen molar-refractivity contribution < 1.29 is 9.53 Å². The number of aromatic nitrogens is 2. The van der Waals surface area contributed by atoms with Gasteiger partial charge in [-0.25, -0.2) is 4.98 Å². The van der Waals surface area contributed by atoms with Crippen LogP contribution in [0.5, 0.6) is 5.75 Å². The summed E-state index contributed by atoms with van der Waals surface area (Å²) in [6, 6.07) is 16.1. The summed E-state index contributed by atoms with van der Waals surface area (Å²) in [6.07, 6.45) is 2.45. The maximum absolute atomic E-state index is 12.4. The van der Waals surface area contributed by atoms with Gasteiger partial charge in [-0.3, -0.25) is 4.79 Å². The Hall–Kier alpha value is -2.82. The second-order valence-corrected chi connectivity index (χ2v) is 6.79. The standard InChI is InChI=1S/C21H23N3O2/c1-24-18-9-4-3-8-17(18)23-20(24)11-6-12-22-21(25)16-13-15-7-2-5-10-19(15)26-14-16/h2-5,7-10,16H,6,11-14H2,1H3,(H,22,25)/t16-/m0/s1. The fourth-order valence-corrected chi connectivity index (χ4v) is 3.52. The van der Waals surface area contributed by atoms with Crippen LogP contribution in [-0.4, -0.2) is 28.6 Å². The Morgan fingerprint density at radius 1 is 1.23 bits per heavy atom. The van der Waals surface area contributed by atoms with Gasteiger partial charge in [0.2, 0.25) is 5.91 Å². The number of hydrogen-bond donors (Lipinski definition) is 1. The molecule has 134 valence electrons. The highest BCUT2D eigenvalue weighted by Crippen LogP contribution is 2.26. The van der Waals surface area contributed by atoms with Crippen molar-refractivity contribution >= 4 is 16.9 Å². The van der Waals surface area contributed by atoms with E-state index in [4.69, 9.17) is 4.74 Å². The Labute approximate surface area is 153 Å². The van der Waals surface area contributed by atoms with Crippen LogP contribution in [0.3, 0.4) is 0 Å². The number of carbonyl (C=O) groups is 1. The number of para-hydroxylation sites is 3. The molecule has 1 N–H and O–H groups in total. The Morgan fingerprint density at radius 2 is 2.04 bits per heavy atom. The maximum atomic E-state index is 12.4. The normalized spacial score (nSPS) is 16.1. The van der Waals surface area contributed by atoms with Crippen molar-refractivity contribution in [2.75, 3.05) is 13.2 Å². The molecule has 0 saturated heterocycles. The van der Waals surface area contributed by atoms with Gasteiger partial charge >= 0.3 is 0 Å². The van der Waals surface area contributed by atoms with E-state index in [0.29, 0.717) is 13.2 Å². The first kappa shape index (κ1) is 16.6. The number of rotatable bonds is 5. The second kappa shape index (κ2) is 7.20. The van der Waals surface area contributed by atoms with E-state index in [0.717, 1.165) is 47.4 Å². The van der Waals surface area contributed by atoms with E-state index in [1.807, 2.05) is 49.5 Å². The second-order valence-electron chi connectivity index (χ2n) is 6.79. The monoisotopic (exact) mass is 349 g/mol. The molecule has 1 aliphatic rings. The number of imidazole rings is 1. The summed E-state index contributed by atoms with van der Waals surface area (Å²) in [6.45, 7) is 1.10. The average molecular weight is 349 g/mol. The zero-order valence-electron chi connectivity index (χ0n) is 14.9. The Morgan fingerprint density at radius 3 is 2.92 bits per heavy atom. The van der Waals surface area contributed by atoms with Crippen LogP contribution >= 0.6 is 0 Å². The third-order valence-electron chi connectivity index (χ3n) is 5.01. The summed E-state index contributed by atoms with van der Waals surface area (Å²) < 4.78 is 7.84. The first-order valence-corrected chi connectivity index (χ1v) is 9.11. The molecular formula is C21H23N3O2. The summed E-state index contributed by atoms with van der Waals surface area (Å²) in [5.41, 5.74) is 3.27. The summed E-state index contributed by atoms with van der Waals surface area (Å²) in [5, 5.41) is 3.05. The van der Waals surface area contributed by atoms with Crippen molar-refractivity contribution in [2.45, 2.75) is 19.3 Å². The highest BCUT2D eigenvalue weighted by Gasteiger charge is 2.25. The van der Waals surface area contributed by atoms with E-state index in [2.05, 4.69) is 20.9 Å². The molecule has 0 aliphatic carbocycles. The number of aryl methyl sites for hydroxylation is 2. The highest BCUT2D eigenvalue weighted by molar-refractivity contribution is 5.79. The summed E-state index contributed by atoms with van der Waals surface area (Å²) in [4.78, 5) is 17.1. The fourth-order valence-electron chi connectivity index (χ4n) is 3.52. The molecule has 0 unspecified atom stereocenters. The lowest BCUT2D eigenvalue weighted by atomic mass is 9.96. The van der Waals surface area contributed by atoms with Gasteiger partial charge in [0.15, 0.2) is 0 Å². The van der Waals surface area contributed by atoms with E-state index >= 15 is 0 Å². The van der Waals surface area contributed by atoms with E-state index in [1.165, 1.54) is 0 Å². The molecule has 1 aromatic heterocycles. The number of carbonyl (C=O) groups excluding carboxylic acids is 1. The van der Waals surface area contributed by atoms with Crippen LogP contribution in [0.25, 0.3) is 11.0 Å². The third-order valence-corrected chi connectivity index (χ3v) is 5.01. The van der Waals surface area contributed by atoms with Crippen LogP contribution in [0, 0.1) is 5.92 Å². The first-order chi connectivity index (χ1) is 12.7. The van der Waals surface area contributed by atoms with E-state index in [-0.39, 0.29) is 11.8 Å². The van der Waals surface area contributed by atoms with Gasteiger partial charge in [0.05, 0.1) is 17.0 Å². The Kier molecular flexibility index (Phi) is 4.61. The Bertz CT molecular complexity index is 932. The number of ether oxygens (including phenoxy) is 1. The van der Waals surface area contributed by atoms with E-state index in [9.17, 15) is 4.79 Å². The lowest BCUT2D eigenvalue weighted by Crippen LogP contribution is -2.37. The van der Waals surface area contributed by atoms with E-state index < -0.39 is 0 Å². The largest absolute Gasteiger partial charge is 0.492 e. The minimum absolute atomic E-state index is 0.0736. The number of nitrogens with zero attached hydrogens (tertiary/aromatic N) is 2. The van der Waals surface area contributed by atoms with Crippen molar-refractivity contribution in [3.05, 3.63) is 59.9 Å². The predicted molar refractivity (Wildman–Crippen MR) is 101 cm³/mol. The maximum Gasteiger partial charge on any atom is 0.226 e. The molecule has 2 aromatic carbocycles. The number of benzene rings is 2. The molecule has 26 heavy (non-hydrogen) atoms. The van der Waals surface area contributed by atoms with Crippen LogP contribution in [0.2, 0.25) is 0 Å². The Balaban J connectivity index is 1.28. The molecular weight excluding hydrogens is 326 g/mol. The van der Waals surface area contributed by atoms with Crippen molar-refractivity contribution in [3.63, 3.8) is 0 Å². The quantitative estimate of drug-likeness (QED) is 0.721. The summed E-state index contributed by atoms with van der Waals surface area (Å²) in [5.74, 6) is 1.92. The van der Waals surface area contributed by atoms with Crippen LogP contribution in [0.15, 0.2) is 48.5 Å². The minimum Gasteiger partial charge on any atom is -0.492 e. The molecule has 0 saturated carbocycles. The van der Waals surface area contributed by atoms with Crippen LogP contribution in [0.1, 0.15) is 17.8 Å². The van der Waals surface area contributed by atoms with Crippen molar-refractivity contribution in [3.8, 4) is 5.75 Å². The van der Waals surface area contributed by atoms with Gasteiger partial charge in [-0.2, -0.15) is 0 Å². The van der Waals surface area contributed by atoms with Crippen LogP contribution in [-0.2, 0) is 24.7 Å². The van der Waals surface area contributed by atoms with Gasteiger partial charge in [0, 0.05) is 20.0 Å². The predicted octanol–water partition coefficient (Wildman–Crippen LogP) is 2.87. The molecule has 1 aliphatic heterocycles. The summed E-state index contributed by atoms with van der Waals surface area (Å²) in [7, 11) is 2.04. The smallest absolute Gasteiger partial charge is 0.226 e. The van der Waals surface area contributed by atoms with E-state index in [1.54, 1.807) is 0 Å².